The smallest absolute Gasteiger partial charge is 0.111 e. The quantitative estimate of drug-likeness (QED) is 0.861. The van der Waals surface area contributed by atoms with Crippen LogP contribution in [0, 0.1) is 11.8 Å². The van der Waals surface area contributed by atoms with E-state index in [1.165, 1.54) is 57.3 Å². The van der Waals surface area contributed by atoms with Crippen molar-refractivity contribution in [1.82, 2.24) is 14.9 Å². The van der Waals surface area contributed by atoms with Gasteiger partial charge in [0, 0.05) is 31.4 Å². The molecule has 1 aromatic rings. The van der Waals surface area contributed by atoms with Crippen LogP contribution in [-0.2, 0) is 7.05 Å². The van der Waals surface area contributed by atoms with Crippen LogP contribution in [0.4, 0.5) is 0 Å². The fourth-order valence-corrected chi connectivity index (χ4v) is 3.89. The van der Waals surface area contributed by atoms with Crippen LogP contribution in [0.15, 0.2) is 12.4 Å². The summed E-state index contributed by atoms with van der Waals surface area (Å²) < 4.78 is 2.24. The van der Waals surface area contributed by atoms with Crippen molar-refractivity contribution in [3.05, 3.63) is 18.2 Å². The molecule has 0 amide bonds. The van der Waals surface area contributed by atoms with Crippen LogP contribution in [-0.4, -0.2) is 22.1 Å². The van der Waals surface area contributed by atoms with Crippen LogP contribution >= 0.6 is 0 Å². The van der Waals surface area contributed by atoms with Crippen LogP contribution in [0.25, 0.3) is 0 Å². The van der Waals surface area contributed by atoms with Gasteiger partial charge in [-0.05, 0) is 44.1 Å². The third-order valence-corrected chi connectivity index (χ3v) is 5.24. The van der Waals surface area contributed by atoms with E-state index in [9.17, 15) is 0 Å². The summed E-state index contributed by atoms with van der Waals surface area (Å²) >= 11 is 0. The van der Waals surface area contributed by atoms with E-state index in [1.54, 1.807) is 0 Å². The number of nitrogens with zero attached hydrogens (tertiary/aromatic N) is 2. The second-order valence-electron chi connectivity index (χ2n) is 6.91. The SMILES string of the molecule is CCCC1CCC(CNC2CC2)C(c2nccn2C)C1. The molecule has 20 heavy (non-hydrogen) atoms. The highest BCUT2D eigenvalue weighted by Crippen LogP contribution is 2.41. The number of aromatic nitrogens is 2. The highest BCUT2D eigenvalue weighted by molar-refractivity contribution is 5.05. The first-order chi connectivity index (χ1) is 9.78. The number of hydrogen-bond donors (Lipinski definition) is 1. The minimum atomic E-state index is 0.659. The predicted octanol–water partition coefficient (Wildman–Crippen LogP) is 3.47. The second-order valence-corrected chi connectivity index (χ2v) is 6.91. The van der Waals surface area contributed by atoms with Crippen LogP contribution in [0.2, 0.25) is 0 Å². The van der Waals surface area contributed by atoms with Gasteiger partial charge in [0.05, 0.1) is 0 Å². The Kier molecular flexibility index (Phi) is 4.45. The normalized spacial score (nSPS) is 30.6. The molecule has 2 aliphatic rings. The standard InChI is InChI=1S/C17H29N3/c1-3-4-13-5-6-14(12-19-15-7-8-15)16(11-13)17-18-9-10-20(17)2/h9-10,13-16,19H,3-8,11-12H2,1-2H3. The fraction of sp³-hybridized carbons (Fsp3) is 0.824. The molecule has 3 rings (SSSR count). The molecule has 1 N–H and O–H groups in total. The lowest BCUT2D eigenvalue weighted by molar-refractivity contribution is 0.211. The third kappa shape index (κ3) is 3.25. The maximum atomic E-state index is 4.66. The van der Waals surface area contributed by atoms with Gasteiger partial charge in [0.15, 0.2) is 0 Å². The van der Waals surface area contributed by atoms with E-state index in [0.29, 0.717) is 5.92 Å². The molecule has 3 unspecified atom stereocenters. The van der Waals surface area contributed by atoms with Gasteiger partial charge in [-0.2, -0.15) is 0 Å². The largest absolute Gasteiger partial charge is 0.338 e. The molecule has 2 fully saturated rings. The van der Waals surface area contributed by atoms with Crippen molar-refractivity contribution in [2.45, 2.75) is 63.8 Å². The first-order valence-corrected chi connectivity index (χ1v) is 8.48. The summed E-state index contributed by atoms with van der Waals surface area (Å²) in [5.41, 5.74) is 0. The van der Waals surface area contributed by atoms with Gasteiger partial charge in [-0.25, -0.2) is 4.98 Å². The van der Waals surface area contributed by atoms with Crippen LogP contribution in [0.3, 0.4) is 0 Å². The molecule has 0 radical (unpaired) electrons. The topological polar surface area (TPSA) is 29.9 Å². The number of hydrogen-bond acceptors (Lipinski definition) is 2. The van der Waals surface area contributed by atoms with Crippen molar-refractivity contribution in [1.29, 1.82) is 0 Å². The van der Waals surface area contributed by atoms with Crippen molar-refractivity contribution < 1.29 is 0 Å². The third-order valence-electron chi connectivity index (χ3n) is 5.24. The Morgan fingerprint density at radius 2 is 2.15 bits per heavy atom. The molecule has 0 saturated heterocycles. The van der Waals surface area contributed by atoms with E-state index >= 15 is 0 Å². The van der Waals surface area contributed by atoms with Gasteiger partial charge in [0.25, 0.3) is 0 Å². The molecule has 0 spiro atoms. The number of nitrogens with one attached hydrogen (secondary N) is 1. The van der Waals surface area contributed by atoms with Crippen LogP contribution in [0.1, 0.15) is 63.6 Å². The molecule has 1 heterocycles. The summed E-state index contributed by atoms with van der Waals surface area (Å²) in [7, 11) is 2.15. The Morgan fingerprint density at radius 1 is 1.30 bits per heavy atom. The van der Waals surface area contributed by atoms with E-state index in [2.05, 4.69) is 35.0 Å². The van der Waals surface area contributed by atoms with Crippen molar-refractivity contribution in [2.75, 3.05) is 6.54 Å². The average Bonchev–Trinajstić information content (AvgIpc) is 3.18. The minimum Gasteiger partial charge on any atom is -0.338 e. The molecule has 0 aromatic carbocycles. The number of imidazole rings is 1. The predicted molar refractivity (Wildman–Crippen MR) is 82.7 cm³/mol. The van der Waals surface area contributed by atoms with Crippen LogP contribution in [0.5, 0.6) is 0 Å². The highest BCUT2D eigenvalue weighted by atomic mass is 15.0. The van der Waals surface area contributed by atoms with Crippen LogP contribution < -0.4 is 5.32 Å². The summed E-state index contributed by atoms with van der Waals surface area (Å²) in [4.78, 5) is 4.66. The van der Waals surface area contributed by atoms with E-state index in [1.807, 2.05) is 6.20 Å². The zero-order valence-electron chi connectivity index (χ0n) is 13.0. The highest BCUT2D eigenvalue weighted by Gasteiger charge is 2.34. The average molecular weight is 275 g/mol. The molecule has 3 atom stereocenters. The lowest BCUT2D eigenvalue weighted by Gasteiger charge is -2.36. The zero-order chi connectivity index (χ0) is 13.9. The Balaban J connectivity index is 1.68. The van der Waals surface area contributed by atoms with Gasteiger partial charge < -0.3 is 9.88 Å². The van der Waals surface area contributed by atoms with Gasteiger partial charge in [-0.3, -0.25) is 0 Å². The van der Waals surface area contributed by atoms with Crippen molar-refractivity contribution in [3.63, 3.8) is 0 Å². The minimum absolute atomic E-state index is 0.659. The number of rotatable bonds is 6. The van der Waals surface area contributed by atoms with E-state index < -0.39 is 0 Å². The zero-order valence-corrected chi connectivity index (χ0v) is 13.0. The molecule has 1 aromatic heterocycles. The Morgan fingerprint density at radius 3 is 2.80 bits per heavy atom. The lowest BCUT2D eigenvalue weighted by atomic mass is 9.72. The summed E-state index contributed by atoms with van der Waals surface area (Å²) in [5, 5.41) is 3.75. The maximum Gasteiger partial charge on any atom is 0.111 e. The first-order valence-electron chi connectivity index (χ1n) is 8.48. The van der Waals surface area contributed by atoms with E-state index in [0.717, 1.165) is 17.9 Å². The van der Waals surface area contributed by atoms with Crippen molar-refractivity contribution >= 4 is 0 Å². The van der Waals surface area contributed by atoms with Gasteiger partial charge in [-0.15, -0.1) is 0 Å². The summed E-state index contributed by atoms with van der Waals surface area (Å²) in [6, 6.07) is 0.824. The van der Waals surface area contributed by atoms with Gasteiger partial charge in [-0.1, -0.05) is 26.2 Å². The van der Waals surface area contributed by atoms with Crippen molar-refractivity contribution in [3.8, 4) is 0 Å². The molecular weight excluding hydrogens is 246 g/mol. The molecule has 3 nitrogen and oxygen atoms in total. The summed E-state index contributed by atoms with van der Waals surface area (Å²) in [6.07, 6.45) is 13.7. The van der Waals surface area contributed by atoms with Gasteiger partial charge in [0.1, 0.15) is 5.82 Å². The van der Waals surface area contributed by atoms with Crippen molar-refractivity contribution in [2.24, 2.45) is 18.9 Å². The number of aryl methyl sites for hydroxylation is 1. The summed E-state index contributed by atoms with van der Waals surface area (Å²) in [6.45, 7) is 3.51. The maximum absolute atomic E-state index is 4.66. The molecule has 2 aliphatic carbocycles. The van der Waals surface area contributed by atoms with E-state index in [-0.39, 0.29) is 0 Å². The van der Waals surface area contributed by atoms with Gasteiger partial charge >= 0.3 is 0 Å². The molecule has 0 aliphatic heterocycles. The Labute approximate surface area is 123 Å². The molecule has 0 bridgehead atoms. The Hall–Kier alpha value is -0.830. The summed E-state index contributed by atoms with van der Waals surface area (Å²) in [5.74, 6) is 3.67. The lowest BCUT2D eigenvalue weighted by Crippen LogP contribution is -2.34. The fourth-order valence-electron chi connectivity index (χ4n) is 3.89. The molecule has 3 heteroatoms. The first kappa shape index (κ1) is 14.1. The molecule has 2 saturated carbocycles. The molecular formula is C17H29N3. The van der Waals surface area contributed by atoms with E-state index in [4.69, 9.17) is 0 Å². The molecule has 112 valence electrons. The van der Waals surface area contributed by atoms with Gasteiger partial charge in [0.2, 0.25) is 0 Å². The Bertz CT molecular complexity index is 422. The monoisotopic (exact) mass is 275 g/mol. The second kappa shape index (κ2) is 6.30.